The van der Waals surface area contributed by atoms with E-state index in [1.54, 1.807) is 67.8 Å². The number of hydrogen-bond donors (Lipinski definition) is 3. The molecule has 192 valence electrons. The molecule has 4 aromatic carbocycles. The predicted octanol–water partition coefficient (Wildman–Crippen LogP) is 5.04. The maximum Gasteiger partial charge on any atom is 0.295 e. The summed E-state index contributed by atoms with van der Waals surface area (Å²) in [6, 6.07) is 24.9. The highest BCUT2D eigenvalue weighted by Gasteiger charge is 2.24. The summed E-state index contributed by atoms with van der Waals surface area (Å²) in [5.41, 5.74) is 5.72. The Labute approximate surface area is 216 Å². The van der Waals surface area contributed by atoms with E-state index >= 15 is 0 Å². The van der Waals surface area contributed by atoms with Crippen LogP contribution in [0.5, 0.6) is 0 Å². The number of rotatable bonds is 10. The molecule has 0 aliphatic carbocycles. The minimum atomic E-state index is -4.64. The van der Waals surface area contributed by atoms with Gasteiger partial charge in [-0.1, -0.05) is 72.8 Å². The van der Waals surface area contributed by atoms with E-state index in [0.29, 0.717) is 34.4 Å². The molecule has 4 rings (SSSR count). The topological polar surface area (TPSA) is 113 Å². The highest BCUT2D eigenvalue weighted by atomic mass is 32.2. The Bertz CT molecular complexity index is 1440. The summed E-state index contributed by atoms with van der Waals surface area (Å²) in [4.78, 5) is -0.205. The molecule has 4 aromatic rings. The smallest absolute Gasteiger partial charge is 0.295 e. The van der Waals surface area contributed by atoms with E-state index in [4.69, 9.17) is 9.47 Å². The SMILES string of the molecule is COCOCc1ccc(-c2cc(-c3ccc(CO)cc3)cc(-c3ccc(CO)cc3)c2S(=O)(=O)O)cc1. The molecule has 8 heteroatoms. The lowest BCUT2D eigenvalue weighted by Gasteiger charge is -2.17. The van der Waals surface area contributed by atoms with Gasteiger partial charge in [-0.05, 0) is 51.1 Å². The van der Waals surface area contributed by atoms with Crippen LogP contribution in [0.2, 0.25) is 0 Å². The van der Waals surface area contributed by atoms with Crippen LogP contribution in [-0.4, -0.2) is 37.1 Å². The van der Waals surface area contributed by atoms with Crippen LogP contribution in [0.3, 0.4) is 0 Å². The molecule has 0 aliphatic rings. The molecule has 0 fully saturated rings. The lowest BCUT2D eigenvalue weighted by Crippen LogP contribution is -2.05. The first kappa shape index (κ1) is 26.7. The molecular formula is C29H28O7S. The van der Waals surface area contributed by atoms with E-state index in [-0.39, 0.29) is 24.9 Å². The summed E-state index contributed by atoms with van der Waals surface area (Å²) in [7, 11) is -3.10. The number of ether oxygens (including phenoxy) is 2. The number of hydrogen-bond acceptors (Lipinski definition) is 6. The third kappa shape index (κ3) is 6.31. The molecule has 0 radical (unpaired) electrons. The highest BCUT2D eigenvalue weighted by molar-refractivity contribution is 7.86. The standard InChI is InChI=1S/C29H28O7S/c1-35-19-36-18-22-6-12-25(13-7-22)28-15-26(23-8-2-20(16-30)3-9-23)14-27(29(28)37(32,33)34)24-10-4-21(17-31)5-11-24/h2-15,30-31H,16-19H2,1H3,(H,32,33,34). The molecule has 37 heavy (non-hydrogen) atoms. The van der Waals surface area contributed by atoms with Gasteiger partial charge in [-0.3, -0.25) is 4.55 Å². The Morgan fingerprint density at radius 2 is 1.08 bits per heavy atom. The molecule has 0 unspecified atom stereocenters. The van der Waals surface area contributed by atoms with Gasteiger partial charge in [0.15, 0.2) is 0 Å². The molecule has 0 saturated carbocycles. The van der Waals surface area contributed by atoms with Crippen molar-refractivity contribution in [2.45, 2.75) is 24.7 Å². The lowest BCUT2D eigenvalue weighted by atomic mass is 9.92. The number of aliphatic hydroxyl groups excluding tert-OH is 2. The summed E-state index contributed by atoms with van der Waals surface area (Å²) in [6.45, 7) is 0.258. The van der Waals surface area contributed by atoms with Gasteiger partial charge in [0.1, 0.15) is 11.7 Å². The van der Waals surface area contributed by atoms with Gasteiger partial charge in [0, 0.05) is 18.2 Å². The van der Waals surface area contributed by atoms with Gasteiger partial charge in [-0.25, -0.2) is 0 Å². The van der Waals surface area contributed by atoms with E-state index in [2.05, 4.69) is 0 Å². The van der Waals surface area contributed by atoms with Gasteiger partial charge in [0.2, 0.25) is 0 Å². The summed E-state index contributed by atoms with van der Waals surface area (Å²) in [5.74, 6) is 0. The van der Waals surface area contributed by atoms with Crippen LogP contribution in [0.15, 0.2) is 89.8 Å². The number of methoxy groups -OCH3 is 1. The largest absolute Gasteiger partial charge is 0.392 e. The van der Waals surface area contributed by atoms with Crippen molar-refractivity contribution in [2.24, 2.45) is 0 Å². The summed E-state index contributed by atoms with van der Waals surface area (Å²) in [6.07, 6.45) is 0. The second-order valence-electron chi connectivity index (χ2n) is 8.54. The van der Waals surface area contributed by atoms with Gasteiger partial charge in [0.05, 0.1) is 19.8 Å². The molecule has 0 aromatic heterocycles. The second kappa shape index (κ2) is 11.8. The minimum absolute atomic E-state index is 0.0872. The first-order valence-electron chi connectivity index (χ1n) is 11.6. The minimum Gasteiger partial charge on any atom is -0.392 e. The molecule has 0 amide bonds. The van der Waals surface area contributed by atoms with Crippen LogP contribution in [0.25, 0.3) is 33.4 Å². The summed E-state index contributed by atoms with van der Waals surface area (Å²) >= 11 is 0. The quantitative estimate of drug-likeness (QED) is 0.153. The van der Waals surface area contributed by atoms with Gasteiger partial charge in [0.25, 0.3) is 10.1 Å². The summed E-state index contributed by atoms with van der Waals surface area (Å²) < 4.78 is 46.2. The maximum absolute atomic E-state index is 12.8. The number of benzene rings is 4. The Balaban J connectivity index is 1.93. The van der Waals surface area contributed by atoms with E-state index in [1.807, 2.05) is 24.3 Å². The molecule has 0 aliphatic heterocycles. The van der Waals surface area contributed by atoms with Gasteiger partial charge < -0.3 is 19.7 Å². The first-order chi connectivity index (χ1) is 17.8. The van der Waals surface area contributed by atoms with Crippen LogP contribution >= 0.6 is 0 Å². The monoisotopic (exact) mass is 520 g/mol. The van der Waals surface area contributed by atoms with Crippen molar-refractivity contribution in [1.82, 2.24) is 0 Å². The van der Waals surface area contributed by atoms with Crippen molar-refractivity contribution >= 4 is 10.1 Å². The maximum atomic E-state index is 12.8. The fourth-order valence-corrected chi connectivity index (χ4v) is 5.03. The first-order valence-corrected chi connectivity index (χ1v) is 13.0. The van der Waals surface area contributed by atoms with E-state index < -0.39 is 10.1 Å². The zero-order valence-electron chi connectivity index (χ0n) is 20.3. The normalized spacial score (nSPS) is 11.6. The van der Waals surface area contributed by atoms with Crippen LogP contribution < -0.4 is 0 Å². The molecule has 0 heterocycles. The van der Waals surface area contributed by atoms with Crippen molar-refractivity contribution in [3.05, 3.63) is 102 Å². The van der Waals surface area contributed by atoms with E-state index in [1.165, 1.54) is 0 Å². The molecule has 0 atom stereocenters. The fourth-order valence-electron chi connectivity index (χ4n) is 4.12. The fraction of sp³-hybridized carbons (Fsp3) is 0.172. The molecule has 0 spiro atoms. The average molecular weight is 521 g/mol. The highest BCUT2D eigenvalue weighted by Crippen LogP contribution is 2.40. The summed E-state index contributed by atoms with van der Waals surface area (Å²) in [5, 5.41) is 18.8. The zero-order valence-corrected chi connectivity index (χ0v) is 21.1. The molecule has 7 nitrogen and oxygen atoms in total. The Morgan fingerprint density at radius 1 is 0.649 bits per heavy atom. The third-order valence-corrected chi connectivity index (χ3v) is 6.95. The van der Waals surface area contributed by atoms with Crippen LogP contribution in [0.4, 0.5) is 0 Å². The van der Waals surface area contributed by atoms with Crippen molar-refractivity contribution in [3.8, 4) is 33.4 Å². The third-order valence-electron chi connectivity index (χ3n) is 6.00. The predicted molar refractivity (Wildman–Crippen MR) is 141 cm³/mol. The second-order valence-corrected chi connectivity index (χ2v) is 9.90. The number of aliphatic hydroxyl groups is 2. The molecule has 0 bridgehead atoms. The molecular weight excluding hydrogens is 492 g/mol. The molecule has 3 N–H and O–H groups in total. The van der Waals surface area contributed by atoms with Gasteiger partial charge >= 0.3 is 0 Å². The van der Waals surface area contributed by atoms with Crippen LogP contribution in [-0.2, 0) is 39.4 Å². The zero-order chi connectivity index (χ0) is 26.4. The van der Waals surface area contributed by atoms with Crippen LogP contribution in [0, 0.1) is 0 Å². The van der Waals surface area contributed by atoms with Crippen LogP contribution in [0.1, 0.15) is 16.7 Å². The van der Waals surface area contributed by atoms with Gasteiger partial charge in [-0.15, -0.1) is 0 Å². The lowest BCUT2D eigenvalue weighted by molar-refractivity contribution is -0.0390. The average Bonchev–Trinajstić information content (AvgIpc) is 2.92. The van der Waals surface area contributed by atoms with Crippen molar-refractivity contribution < 1.29 is 32.7 Å². The Hall–Kier alpha value is -3.37. The Kier molecular flexibility index (Phi) is 8.50. The van der Waals surface area contributed by atoms with E-state index in [0.717, 1.165) is 22.3 Å². The molecule has 0 saturated heterocycles. The van der Waals surface area contributed by atoms with Crippen molar-refractivity contribution in [1.29, 1.82) is 0 Å². The van der Waals surface area contributed by atoms with Crippen molar-refractivity contribution in [2.75, 3.05) is 13.9 Å². The Morgan fingerprint density at radius 3 is 1.49 bits per heavy atom. The van der Waals surface area contributed by atoms with E-state index in [9.17, 15) is 23.2 Å². The van der Waals surface area contributed by atoms with Crippen molar-refractivity contribution in [3.63, 3.8) is 0 Å². The van der Waals surface area contributed by atoms with Gasteiger partial charge in [-0.2, -0.15) is 8.42 Å².